The quantitative estimate of drug-likeness (QED) is 0.408. The molecule has 7 nitrogen and oxygen atoms in total. The maximum absolute atomic E-state index is 14.0. The molecule has 0 aromatic heterocycles. The Morgan fingerprint density at radius 2 is 1.46 bits per heavy atom. The molecular formula is C29H35N3O4S. The summed E-state index contributed by atoms with van der Waals surface area (Å²) in [6.07, 6.45) is 0.974. The van der Waals surface area contributed by atoms with Crippen LogP contribution >= 0.6 is 0 Å². The lowest BCUT2D eigenvalue weighted by Crippen LogP contribution is -2.52. The van der Waals surface area contributed by atoms with Crippen molar-refractivity contribution in [3.63, 3.8) is 0 Å². The number of hydrogen-bond acceptors (Lipinski definition) is 4. The van der Waals surface area contributed by atoms with Crippen LogP contribution in [0.5, 0.6) is 0 Å². The Hall–Kier alpha value is -3.65. The van der Waals surface area contributed by atoms with Crippen molar-refractivity contribution in [2.45, 2.75) is 51.1 Å². The molecule has 8 heteroatoms. The summed E-state index contributed by atoms with van der Waals surface area (Å²) in [6.45, 7) is 5.47. The Bertz CT molecular complexity index is 1330. The first-order chi connectivity index (χ1) is 17.7. The van der Waals surface area contributed by atoms with Crippen LogP contribution in [0.15, 0.2) is 83.8 Å². The zero-order chi connectivity index (χ0) is 27.0. The Morgan fingerprint density at radius 1 is 0.865 bits per heavy atom. The predicted octanol–water partition coefficient (Wildman–Crippen LogP) is 4.31. The van der Waals surface area contributed by atoms with Crippen LogP contribution in [-0.4, -0.2) is 44.8 Å². The van der Waals surface area contributed by atoms with Crippen LogP contribution in [0.25, 0.3) is 0 Å². The largest absolute Gasteiger partial charge is 0.357 e. The number of nitrogens with zero attached hydrogens (tertiary/aromatic N) is 2. The first kappa shape index (κ1) is 27.9. The average Bonchev–Trinajstić information content (AvgIpc) is 2.92. The van der Waals surface area contributed by atoms with Crippen LogP contribution < -0.4 is 9.62 Å². The van der Waals surface area contributed by atoms with Gasteiger partial charge in [-0.05, 0) is 54.7 Å². The monoisotopic (exact) mass is 521 g/mol. The number of anilines is 1. The maximum Gasteiger partial charge on any atom is 0.264 e. The van der Waals surface area contributed by atoms with E-state index in [0.717, 1.165) is 16.7 Å². The fraction of sp³-hybridized carbons (Fsp3) is 0.310. The summed E-state index contributed by atoms with van der Waals surface area (Å²) in [4.78, 5) is 28.4. The fourth-order valence-electron chi connectivity index (χ4n) is 4.34. The zero-order valence-electron chi connectivity index (χ0n) is 21.8. The van der Waals surface area contributed by atoms with Gasteiger partial charge in [-0.15, -0.1) is 0 Å². The van der Waals surface area contributed by atoms with Gasteiger partial charge in [0.25, 0.3) is 10.0 Å². The normalized spacial score (nSPS) is 12.0. The standard InChI is InChI=1S/C29H35N3O4S/c1-5-23-15-12-13-19-27(23)32(37(35,36)25-17-8-7-9-18-25)21-28(33)31(26(6-2)29(34)30-4)20-24-16-11-10-14-22(24)3/h7-19,26H,5-6,20-21H2,1-4H3,(H,30,34)/t26-/m0/s1. The first-order valence-electron chi connectivity index (χ1n) is 12.5. The second-order valence-corrected chi connectivity index (χ2v) is 10.7. The summed E-state index contributed by atoms with van der Waals surface area (Å²) < 4.78 is 28.9. The van der Waals surface area contributed by atoms with Gasteiger partial charge >= 0.3 is 0 Å². The van der Waals surface area contributed by atoms with Crippen LogP contribution in [0, 0.1) is 6.92 Å². The minimum atomic E-state index is -4.07. The zero-order valence-corrected chi connectivity index (χ0v) is 22.7. The molecule has 0 aliphatic heterocycles. The highest BCUT2D eigenvalue weighted by Crippen LogP contribution is 2.28. The molecule has 1 atom stereocenters. The molecule has 0 radical (unpaired) electrons. The van der Waals surface area contributed by atoms with Crippen molar-refractivity contribution >= 4 is 27.5 Å². The number of aryl methyl sites for hydroxylation is 2. The van der Waals surface area contributed by atoms with Gasteiger partial charge in [-0.3, -0.25) is 13.9 Å². The highest BCUT2D eigenvalue weighted by molar-refractivity contribution is 7.92. The number of benzene rings is 3. The van der Waals surface area contributed by atoms with Gasteiger partial charge < -0.3 is 10.2 Å². The fourth-order valence-corrected chi connectivity index (χ4v) is 5.82. The van der Waals surface area contributed by atoms with E-state index in [9.17, 15) is 18.0 Å². The van der Waals surface area contributed by atoms with Crippen molar-refractivity contribution < 1.29 is 18.0 Å². The summed E-state index contributed by atoms with van der Waals surface area (Å²) in [6, 6.07) is 22.2. The molecule has 0 bridgehead atoms. The number of para-hydroxylation sites is 1. The van der Waals surface area contributed by atoms with E-state index in [-0.39, 0.29) is 17.3 Å². The minimum absolute atomic E-state index is 0.0949. The van der Waals surface area contributed by atoms with Gasteiger partial charge in [-0.25, -0.2) is 8.42 Å². The molecule has 1 N–H and O–H groups in total. The number of hydrogen-bond donors (Lipinski definition) is 1. The molecule has 0 saturated heterocycles. The lowest BCUT2D eigenvalue weighted by Gasteiger charge is -2.33. The van der Waals surface area contributed by atoms with Crippen molar-refractivity contribution in [1.29, 1.82) is 0 Å². The third-order valence-electron chi connectivity index (χ3n) is 6.49. The van der Waals surface area contributed by atoms with Crippen LogP contribution in [0.4, 0.5) is 5.69 Å². The second kappa shape index (κ2) is 12.5. The Balaban J connectivity index is 2.10. The average molecular weight is 522 g/mol. The highest BCUT2D eigenvalue weighted by Gasteiger charge is 2.34. The first-order valence-corrected chi connectivity index (χ1v) is 13.9. The Kier molecular flexibility index (Phi) is 9.47. The van der Waals surface area contributed by atoms with E-state index in [4.69, 9.17) is 0 Å². The summed E-state index contributed by atoms with van der Waals surface area (Å²) in [7, 11) is -2.54. The highest BCUT2D eigenvalue weighted by atomic mass is 32.2. The number of nitrogens with one attached hydrogen (secondary N) is 1. The molecule has 0 spiro atoms. The molecule has 3 aromatic rings. The van der Waals surface area contributed by atoms with Crippen molar-refractivity contribution in [3.8, 4) is 0 Å². The molecule has 0 aliphatic carbocycles. The van der Waals surface area contributed by atoms with E-state index in [2.05, 4.69) is 5.32 Å². The molecule has 3 aromatic carbocycles. The molecule has 0 saturated carbocycles. The summed E-state index contributed by atoms with van der Waals surface area (Å²) in [5, 5.41) is 2.65. The van der Waals surface area contributed by atoms with E-state index < -0.39 is 28.5 Å². The topological polar surface area (TPSA) is 86.8 Å². The van der Waals surface area contributed by atoms with E-state index >= 15 is 0 Å². The minimum Gasteiger partial charge on any atom is -0.357 e. The lowest BCUT2D eigenvalue weighted by atomic mass is 10.1. The lowest BCUT2D eigenvalue weighted by molar-refractivity contribution is -0.140. The van der Waals surface area contributed by atoms with Crippen LogP contribution in [-0.2, 0) is 32.6 Å². The van der Waals surface area contributed by atoms with Crippen molar-refractivity contribution in [3.05, 3.63) is 95.6 Å². The van der Waals surface area contributed by atoms with Crippen LogP contribution in [0.3, 0.4) is 0 Å². The van der Waals surface area contributed by atoms with Crippen molar-refractivity contribution in [2.75, 3.05) is 17.9 Å². The van der Waals surface area contributed by atoms with Crippen molar-refractivity contribution in [1.82, 2.24) is 10.2 Å². The van der Waals surface area contributed by atoms with Gasteiger partial charge in [0.1, 0.15) is 12.6 Å². The summed E-state index contributed by atoms with van der Waals surface area (Å²) in [5.41, 5.74) is 3.13. The number of amides is 2. The Labute approximate surface area is 220 Å². The number of carbonyl (C=O) groups excluding carboxylic acids is 2. The number of carbonyl (C=O) groups is 2. The summed E-state index contributed by atoms with van der Waals surface area (Å²) in [5.74, 6) is -0.750. The summed E-state index contributed by atoms with van der Waals surface area (Å²) >= 11 is 0. The van der Waals surface area contributed by atoms with E-state index in [0.29, 0.717) is 18.5 Å². The number of sulfonamides is 1. The van der Waals surface area contributed by atoms with Gasteiger partial charge in [0.2, 0.25) is 11.8 Å². The molecule has 196 valence electrons. The SMILES string of the molecule is CCc1ccccc1N(CC(=O)N(Cc1ccccc1C)[C@@H](CC)C(=O)NC)S(=O)(=O)c1ccccc1. The maximum atomic E-state index is 14.0. The van der Waals surface area contributed by atoms with Gasteiger partial charge in [0.15, 0.2) is 0 Å². The molecule has 0 fully saturated rings. The third-order valence-corrected chi connectivity index (χ3v) is 8.26. The van der Waals surface area contributed by atoms with Crippen LogP contribution in [0.2, 0.25) is 0 Å². The second-order valence-electron chi connectivity index (χ2n) is 8.79. The molecule has 0 heterocycles. The molecule has 2 amide bonds. The van der Waals surface area contributed by atoms with Crippen LogP contribution in [0.1, 0.15) is 37.0 Å². The smallest absolute Gasteiger partial charge is 0.264 e. The van der Waals surface area contributed by atoms with E-state index in [1.807, 2.05) is 57.2 Å². The molecule has 0 unspecified atom stereocenters. The molecule has 37 heavy (non-hydrogen) atoms. The predicted molar refractivity (Wildman–Crippen MR) is 147 cm³/mol. The van der Waals surface area contributed by atoms with Gasteiger partial charge in [0, 0.05) is 13.6 Å². The number of rotatable bonds is 11. The van der Waals surface area contributed by atoms with E-state index in [1.54, 1.807) is 30.3 Å². The van der Waals surface area contributed by atoms with Gasteiger partial charge in [0.05, 0.1) is 10.6 Å². The third kappa shape index (κ3) is 6.38. The number of likely N-dealkylation sites (N-methyl/N-ethyl adjacent to an activating group) is 1. The van der Waals surface area contributed by atoms with Crippen molar-refractivity contribution in [2.24, 2.45) is 0 Å². The van der Waals surface area contributed by atoms with E-state index in [1.165, 1.54) is 28.4 Å². The molecular weight excluding hydrogens is 486 g/mol. The molecule has 3 rings (SSSR count). The van der Waals surface area contributed by atoms with Gasteiger partial charge in [-0.1, -0.05) is 74.5 Å². The Morgan fingerprint density at radius 3 is 2.05 bits per heavy atom. The van der Waals surface area contributed by atoms with Gasteiger partial charge in [-0.2, -0.15) is 0 Å². The molecule has 0 aliphatic rings.